The molecule has 0 fully saturated rings. The predicted octanol–water partition coefficient (Wildman–Crippen LogP) is 1.61. The molecule has 0 saturated carbocycles. The van der Waals surface area contributed by atoms with E-state index in [1.807, 2.05) is 0 Å². The Morgan fingerprint density at radius 3 is 2.39 bits per heavy atom. The van der Waals surface area contributed by atoms with Crippen LogP contribution in [-0.2, 0) is 14.6 Å². The van der Waals surface area contributed by atoms with Gasteiger partial charge in [0.05, 0.1) is 17.9 Å². The fourth-order valence-electron chi connectivity index (χ4n) is 1.16. The Balaban J connectivity index is 2.37. The Kier molecular flexibility index (Phi) is 5.43. The van der Waals surface area contributed by atoms with Gasteiger partial charge in [-0.05, 0) is 24.3 Å². The van der Waals surface area contributed by atoms with Crippen LogP contribution in [0.2, 0.25) is 5.02 Å². The van der Waals surface area contributed by atoms with Crippen LogP contribution in [-0.4, -0.2) is 37.6 Å². The van der Waals surface area contributed by atoms with Crippen LogP contribution in [0.4, 0.5) is 0 Å². The van der Waals surface area contributed by atoms with E-state index in [2.05, 4.69) is 0 Å². The highest BCUT2D eigenvalue weighted by Gasteiger charge is 2.13. The molecule has 0 heterocycles. The SMILES string of the molecule is O=C(O)CCS(=O)(=O)CCOc1ccc(Cl)cc1. The van der Waals surface area contributed by atoms with Crippen molar-refractivity contribution in [2.75, 3.05) is 18.1 Å². The number of carbonyl (C=O) groups is 1. The maximum atomic E-state index is 11.4. The second-order valence-corrected chi connectivity index (χ2v) is 6.34. The number of hydrogen-bond donors (Lipinski definition) is 1. The summed E-state index contributed by atoms with van der Waals surface area (Å²) >= 11 is 5.68. The number of aliphatic carboxylic acids is 1. The van der Waals surface area contributed by atoms with Gasteiger partial charge in [0.1, 0.15) is 12.4 Å². The monoisotopic (exact) mass is 292 g/mol. The third-order valence-electron chi connectivity index (χ3n) is 2.10. The van der Waals surface area contributed by atoms with E-state index in [0.717, 1.165) is 0 Å². The Labute approximate surface area is 110 Å². The molecule has 0 bridgehead atoms. The first-order valence-electron chi connectivity index (χ1n) is 5.20. The standard InChI is InChI=1S/C11H13ClO5S/c12-9-1-3-10(4-2-9)17-6-8-18(15,16)7-5-11(13)14/h1-4H,5-8H2,(H,13,14). The van der Waals surface area contributed by atoms with Gasteiger partial charge in [-0.15, -0.1) is 0 Å². The molecule has 0 aliphatic carbocycles. The maximum Gasteiger partial charge on any atom is 0.304 e. The first kappa shape index (κ1) is 14.8. The largest absolute Gasteiger partial charge is 0.493 e. The van der Waals surface area contributed by atoms with Crippen molar-refractivity contribution in [3.63, 3.8) is 0 Å². The zero-order chi connectivity index (χ0) is 13.6. The van der Waals surface area contributed by atoms with Crippen LogP contribution in [0.1, 0.15) is 6.42 Å². The van der Waals surface area contributed by atoms with Gasteiger partial charge in [-0.1, -0.05) is 11.6 Å². The van der Waals surface area contributed by atoms with Gasteiger partial charge in [0.2, 0.25) is 0 Å². The molecule has 1 aromatic rings. The number of carboxylic acid groups (broad SMARTS) is 1. The van der Waals surface area contributed by atoms with Gasteiger partial charge in [0.25, 0.3) is 0 Å². The van der Waals surface area contributed by atoms with E-state index in [1.54, 1.807) is 24.3 Å². The Hall–Kier alpha value is -1.27. The van der Waals surface area contributed by atoms with Crippen molar-refractivity contribution in [3.05, 3.63) is 29.3 Å². The smallest absolute Gasteiger partial charge is 0.304 e. The lowest BCUT2D eigenvalue weighted by atomic mass is 10.3. The first-order valence-corrected chi connectivity index (χ1v) is 7.39. The average molecular weight is 293 g/mol. The minimum atomic E-state index is -3.39. The summed E-state index contributed by atoms with van der Waals surface area (Å²) in [4.78, 5) is 10.3. The summed E-state index contributed by atoms with van der Waals surface area (Å²) in [6, 6.07) is 6.53. The molecule has 18 heavy (non-hydrogen) atoms. The van der Waals surface area contributed by atoms with E-state index in [1.165, 1.54) is 0 Å². The predicted molar refractivity (Wildman–Crippen MR) is 67.9 cm³/mol. The number of benzene rings is 1. The van der Waals surface area contributed by atoms with E-state index in [0.29, 0.717) is 10.8 Å². The molecule has 0 aliphatic rings. The summed E-state index contributed by atoms with van der Waals surface area (Å²) in [6.45, 7) is -0.0103. The van der Waals surface area contributed by atoms with Crippen LogP contribution >= 0.6 is 11.6 Å². The fourth-order valence-corrected chi connectivity index (χ4v) is 2.32. The van der Waals surface area contributed by atoms with E-state index in [4.69, 9.17) is 21.4 Å². The number of halogens is 1. The first-order chi connectivity index (χ1) is 8.39. The molecule has 0 radical (unpaired) electrons. The van der Waals surface area contributed by atoms with E-state index < -0.39 is 15.8 Å². The summed E-state index contributed by atoms with van der Waals surface area (Å²) in [5.74, 6) is -1.18. The molecule has 0 unspecified atom stereocenters. The molecule has 1 aromatic carbocycles. The summed E-state index contributed by atoms with van der Waals surface area (Å²) in [5, 5.41) is 8.96. The summed E-state index contributed by atoms with van der Waals surface area (Å²) < 4.78 is 28.0. The van der Waals surface area contributed by atoms with Crippen molar-refractivity contribution >= 4 is 27.4 Å². The lowest BCUT2D eigenvalue weighted by molar-refractivity contribution is -0.136. The van der Waals surface area contributed by atoms with E-state index in [9.17, 15) is 13.2 Å². The van der Waals surface area contributed by atoms with Crippen LogP contribution in [0.15, 0.2) is 24.3 Å². The molecule has 0 aliphatic heterocycles. The van der Waals surface area contributed by atoms with E-state index in [-0.39, 0.29) is 24.5 Å². The second-order valence-electron chi connectivity index (χ2n) is 3.60. The average Bonchev–Trinajstić information content (AvgIpc) is 2.29. The minimum absolute atomic E-state index is 0.0103. The zero-order valence-electron chi connectivity index (χ0n) is 9.50. The molecular formula is C11H13ClO5S. The molecule has 0 aromatic heterocycles. The Bertz CT molecular complexity index is 495. The molecule has 100 valence electrons. The van der Waals surface area contributed by atoms with Crippen LogP contribution in [0.25, 0.3) is 0 Å². The van der Waals surface area contributed by atoms with Crippen molar-refractivity contribution in [3.8, 4) is 5.75 Å². The highest BCUT2D eigenvalue weighted by atomic mass is 35.5. The molecule has 0 spiro atoms. The van der Waals surface area contributed by atoms with E-state index >= 15 is 0 Å². The van der Waals surface area contributed by atoms with Gasteiger partial charge < -0.3 is 9.84 Å². The topological polar surface area (TPSA) is 80.7 Å². The van der Waals surface area contributed by atoms with Crippen molar-refractivity contribution in [1.29, 1.82) is 0 Å². The Morgan fingerprint density at radius 2 is 1.83 bits per heavy atom. The van der Waals surface area contributed by atoms with Crippen molar-refractivity contribution in [2.45, 2.75) is 6.42 Å². The fraction of sp³-hybridized carbons (Fsp3) is 0.364. The molecule has 0 saturated heterocycles. The zero-order valence-corrected chi connectivity index (χ0v) is 11.1. The van der Waals surface area contributed by atoms with Crippen molar-refractivity contribution in [2.24, 2.45) is 0 Å². The molecular weight excluding hydrogens is 280 g/mol. The minimum Gasteiger partial charge on any atom is -0.493 e. The third kappa shape index (κ3) is 5.88. The number of hydrogen-bond acceptors (Lipinski definition) is 4. The number of sulfone groups is 1. The van der Waals surface area contributed by atoms with Crippen LogP contribution in [0.3, 0.4) is 0 Å². The van der Waals surface area contributed by atoms with Crippen molar-refractivity contribution in [1.82, 2.24) is 0 Å². The number of carboxylic acids is 1. The van der Waals surface area contributed by atoms with Crippen molar-refractivity contribution < 1.29 is 23.1 Å². The van der Waals surface area contributed by atoms with Crippen LogP contribution in [0.5, 0.6) is 5.75 Å². The molecule has 1 rings (SSSR count). The molecule has 7 heteroatoms. The van der Waals surface area contributed by atoms with Gasteiger partial charge in [-0.25, -0.2) is 8.42 Å². The van der Waals surface area contributed by atoms with Gasteiger partial charge >= 0.3 is 5.97 Å². The quantitative estimate of drug-likeness (QED) is 0.826. The molecule has 1 N–H and O–H groups in total. The molecule has 0 amide bonds. The normalized spacial score (nSPS) is 11.2. The number of ether oxygens (including phenoxy) is 1. The summed E-state index contributed by atoms with van der Waals surface area (Å²) in [6.07, 6.45) is -0.386. The third-order valence-corrected chi connectivity index (χ3v) is 3.97. The second kappa shape index (κ2) is 6.61. The summed E-state index contributed by atoms with van der Waals surface area (Å²) in [7, 11) is -3.39. The highest BCUT2D eigenvalue weighted by molar-refractivity contribution is 7.91. The molecule has 0 atom stereocenters. The Morgan fingerprint density at radius 1 is 1.22 bits per heavy atom. The van der Waals surface area contributed by atoms with Gasteiger partial charge in [0, 0.05) is 5.02 Å². The van der Waals surface area contributed by atoms with Crippen LogP contribution < -0.4 is 4.74 Å². The maximum absolute atomic E-state index is 11.4. The lowest BCUT2D eigenvalue weighted by Crippen LogP contribution is -2.18. The van der Waals surface area contributed by atoms with Gasteiger partial charge in [-0.3, -0.25) is 4.79 Å². The molecule has 5 nitrogen and oxygen atoms in total. The number of rotatable bonds is 7. The van der Waals surface area contributed by atoms with Gasteiger partial charge in [-0.2, -0.15) is 0 Å². The lowest BCUT2D eigenvalue weighted by Gasteiger charge is -2.06. The van der Waals surface area contributed by atoms with Crippen LogP contribution in [0, 0.1) is 0 Å². The summed E-state index contributed by atoms with van der Waals surface area (Å²) in [5.41, 5.74) is 0. The van der Waals surface area contributed by atoms with Gasteiger partial charge in [0.15, 0.2) is 9.84 Å². The highest BCUT2D eigenvalue weighted by Crippen LogP contribution is 2.15.